The molecule has 0 bridgehead atoms. The molecule has 0 radical (unpaired) electrons. The van der Waals surface area contributed by atoms with Crippen molar-refractivity contribution < 1.29 is 13.2 Å². The number of amides is 1. The molecule has 6 heteroatoms. The quantitative estimate of drug-likeness (QED) is 0.750. The van der Waals surface area contributed by atoms with Gasteiger partial charge in [0.15, 0.2) is 0 Å². The normalized spacial score (nSPS) is 16.7. The summed E-state index contributed by atoms with van der Waals surface area (Å²) in [5, 5.41) is 4.16. The van der Waals surface area contributed by atoms with Gasteiger partial charge in [0.25, 0.3) is 0 Å². The molecule has 0 heterocycles. The molecule has 28 heavy (non-hydrogen) atoms. The Morgan fingerprint density at radius 1 is 1.14 bits per heavy atom. The van der Waals surface area contributed by atoms with Crippen LogP contribution in [0, 0.1) is 6.92 Å². The van der Waals surface area contributed by atoms with Crippen LogP contribution in [0.4, 0.5) is 0 Å². The molecule has 1 aliphatic rings. The van der Waals surface area contributed by atoms with E-state index in [1.807, 2.05) is 43.3 Å². The minimum absolute atomic E-state index is 0.00971. The highest BCUT2D eigenvalue weighted by Gasteiger charge is 2.21. The Labute approximate surface area is 166 Å². The molecule has 2 aromatic carbocycles. The molecule has 2 aromatic rings. The van der Waals surface area contributed by atoms with Gasteiger partial charge in [-0.05, 0) is 49.0 Å². The van der Waals surface area contributed by atoms with Gasteiger partial charge in [-0.2, -0.15) is 0 Å². The molecular weight excluding hydrogens is 372 g/mol. The fraction of sp³-hybridized carbons (Fsp3) is 0.318. The molecule has 1 aliphatic carbocycles. The van der Waals surface area contributed by atoms with Gasteiger partial charge in [-0.1, -0.05) is 54.1 Å². The first-order valence-electron chi connectivity index (χ1n) is 9.54. The van der Waals surface area contributed by atoms with Crippen molar-refractivity contribution in [3.63, 3.8) is 0 Å². The molecule has 3 rings (SSSR count). The van der Waals surface area contributed by atoms with E-state index < -0.39 is 10.0 Å². The van der Waals surface area contributed by atoms with Gasteiger partial charge in [0.1, 0.15) is 0 Å². The summed E-state index contributed by atoms with van der Waals surface area (Å²) in [4.78, 5) is 12.3. The summed E-state index contributed by atoms with van der Waals surface area (Å²) < 4.78 is 26.6. The van der Waals surface area contributed by atoms with Gasteiger partial charge in [0, 0.05) is 18.4 Å². The standard InChI is InChI=1S/C22H26N2O3S/c1-17-9-11-18(12-10-17)14-16-28(26,27)23-15-13-22(25)24-21-8-4-6-19-5-2-3-7-20(19)21/h2-3,5,7,9-12,14,16,21,23H,4,6,8,13,15H2,1H3,(H,24,25)/b16-14+/t21-/m0/s1. The van der Waals surface area contributed by atoms with E-state index in [2.05, 4.69) is 22.2 Å². The Balaban J connectivity index is 1.48. The summed E-state index contributed by atoms with van der Waals surface area (Å²) in [6.45, 7) is 2.05. The summed E-state index contributed by atoms with van der Waals surface area (Å²) in [6.07, 6.45) is 4.64. The molecule has 2 N–H and O–H groups in total. The first-order valence-corrected chi connectivity index (χ1v) is 11.1. The summed E-state index contributed by atoms with van der Waals surface area (Å²) in [7, 11) is -3.58. The number of nitrogens with one attached hydrogen (secondary N) is 2. The Kier molecular flexibility index (Phi) is 6.65. The van der Waals surface area contributed by atoms with Crippen molar-refractivity contribution in [3.05, 3.63) is 76.2 Å². The van der Waals surface area contributed by atoms with Crippen molar-refractivity contribution in [1.82, 2.24) is 10.0 Å². The molecule has 0 saturated heterocycles. The highest BCUT2D eigenvalue weighted by molar-refractivity contribution is 7.92. The molecule has 0 unspecified atom stereocenters. The van der Waals surface area contributed by atoms with E-state index in [9.17, 15) is 13.2 Å². The number of hydrogen-bond acceptors (Lipinski definition) is 3. The number of aryl methyl sites for hydroxylation is 2. The van der Waals surface area contributed by atoms with Crippen LogP contribution in [-0.4, -0.2) is 20.9 Å². The van der Waals surface area contributed by atoms with Crippen molar-refractivity contribution in [1.29, 1.82) is 0 Å². The van der Waals surface area contributed by atoms with E-state index in [4.69, 9.17) is 0 Å². The topological polar surface area (TPSA) is 75.3 Å². The second-order valence-corrected chi connectivity index (χ2v) is 8.76. The van der Waals surface area contributed by atoms with Gasteiger partial charge in [0.2, 0.25) is 15.9 Å². The molecule has 148 valence electrons. The molecule has 0 aromatic heterocycles. The Bertz CT molecular complexity index is 950. The van der Waals surface area contributed by atoms with Crippen LogP contribution in [0.25, 0.3) is 6.08 Å². The van der Waals surface area contributed by atoms with Gasteiger partial charge in [0.05, 0.1) is 6.04 Å². The van der Waals surface area contributed by atoms with E-state index >= 15 is 0 Å². The van der Waals surface area contributed by atoms with E-state index in [1.54, 1.807) is 6.08 Å². The van der Waals surface area contributed by atoms with Gasteiger partial charge in [-0.3, -0.25) is 4.79 Å². The molecule has 5 nitrogen and oxygen atoms in total. The Morgan fingerprint density at radius 3 is 2.68 bits per heavy atom. The maximum Gasteiger partial charge on any atom is 0.233 e. The first-order chi connectivity index (χ1) is 13.4. The Hall–Kier alpha value is -2.44. The summed E-state index contributed by atoms with van der Waals surface area (Å²) in [6, 6.07) is 15.7. The van der Waals surface area contributed by atoms with Crippen molar-refractivity contribution in [3.8, 4) is 0 Å². The number of carbonyl (C=O) groups is 1. The van der Waals surface area contributed by atoms with Crippen LogP contribution in [0.3, 0.4) is 0 Å². The summed E-state index contributed by atoms with van der Waals surface area (Å²) >= 11 is 0. The van der Waals surface area contributed by atoms with E-state index in [0.717, 1.165) is 35.8 Å². The van der Waals surface area contributed by atoms with Crippen molar-refractivity contribution in [2.24, 2.45) is 0 Å². The SMILES string of the molecule is Cc1ccc(/C=C/S(=O)(=O)NCCC(=O)N[C@H]2CCCc3ccccc32)cc1. The smallest absolute Gasteiger partial charge is 0.233 e. The zero-order valence-corrected chi connectivity index (χ0v) is 16.8. The number of benzene rings is 2. The highest BCUT2D eigenvalue weighted by Crippen LogP contribution is 2.29. The van der Waals surface area contributed by atoms with Crippen LogP contribution in [0.5, 0.6) is 0 Å². The molecule has 1 amide bonds. The lowest BCUT2D eigenvalue weighted by atomic mass is 9.88. The fourth-order valence-corrected chi connectivity index (χ4v) is 4.19. The monoisotopic (exact) mass is 398 g/mol. The summed E-state index contributed by atoms with van der Waals surface area (Å²) in [5.41, 5.74) is 4.37. The minimum atomic E-state index is -3.58. The van der Waals surface area contributed by atoms with Crippen molar-refractivity contribution in [2.45, 2.75) is 38.6 Å². The van der Waals surface area contributed by atoms with Crippen LogP contribution in [0.1, 0.15) is 47.6 Å². The summed E-state index contributed by atoms with van der Waals surface area (Å²) in [5.74, 6) is -0.146. The lowest BCUT2D eigenvalue weighted by Gasteiger charge is -2.26. The van der Waals surface area contributed by atoms with E-state index in [1.165, 1.54) is 11.1 Å². The largest absolute Gasteiger partial charge is 0.349 e. The first kappa shape index (κ1) is 20.3. The third-order valence-corrected chi connectivity index (χ3v) is 5.98. The molecule has 0 aliphatic heterocycles. The maximum absolute atomic E-state index is 12.3. The van der Waals surface area contributed by atoms with Crippen LogP contribution in [0.15, 0.2) is 53.9 Å². The zero-order chi connectivity index (χ0) is 20.0. The average Bonchev–Trinajstić information content (AvgIpc) is 2.68. The van der Waals surface area contributed by atoms with Crippen LogP contribution in [0.2, 0.25) is 0 Å². The average molecular weight is 399 g/mol. The minimum Gasteiger partial charge on any atom is -0.349 e. The molecule has 0 spiro atoms. The lowest BCUT2D eigenvalue weighted by Crippen LogP contribution is -2.33. The third kappa shape index (κ3) is 5.78. The number of rotatable bonds is 7. The molecule has 0 fully saturated rings. The zero-order valence-electron chi connectivity index (χ0n) is 16.0. The molecule has 0 saturated carbocycles. The van der Waals surface area contributed by atoms with Crippen LogP contribution < -0.4 is 10.0 Å². The predicted molar refractivity (Wildman–Crippen MR) is 112 cm³/mol. The van der Waals surface area contributed by atoms with Crippen molar-refractivity contribution >= 4 is 22.0 Å². The lowest BCUT2D eigenvalue weighted by molar-refractivity contribution is -0.121. The van der Waals surface area contributed by atoms with Gasteiger partial charge in [-0.15, -0.1) is 0 Å². The second kappa shape index (κ2) is 9.17. The van der Waals surface area contributed by atoms with Gasteiger partial charge < -0.3 is 5.32 Å². The number of hydrogen-bond donors (Lipinski definition) is 2. The van der Waals surface area contributed by atoms with Gasteiger partial charge in [-0.25, -0.2) is 13.1 Å². The second-order valence-electron chi connectivity index (χ2n) is 7.11. The van der Waals surface area contributed by atoms with Gasteiger partial charge >= 0.3 is 0 Å². The highest BCUT2D eigenvalue weighted by atomic mass is 32.2. The molecule has 1 atom stereocenters. The van der Waals surface area contributed by atoms with E-state index in [0.29, 0.717) is 0 Å². The number of sulfonamides is 1. The third-order valence-electron chi connectivity index (χ3n) is 4.88. The maximum atomic E-state index is 12.3. The van der Waals surface area contributed by atoms with E-state index in [-0.39, 0.29) is 24.9 Å². The van der Waals surface area contributed by atoms with Crippen LogP contribution >= 0.6 is 0 Å². The van der Waals surface area contributed by atoms with Crippen LogP contribution in [-0.2, 0) is 21.2 Å². The van der Waals surface area contributed by atoms with Crippen molar-refractivity contribution in [2.75, 3.05) is 6.54 Å². The number of carbonyl (C=O) groups excluding carboxylic acids is 1. The number of fused-ring (bicyclic) bond motifs is 1. The Morgan fingerprint density at radius 2 is 1.89 bits per heavy atom. The predicted octanol–water partition coefficient (Wildman–Crippen LogP) is 3.47. The molecular formula is C22H26N2O3S. The fourth-order valence-electron chi connectivity index (χ4n) is 3.37.